The second-order valence-corrected chi connectivity index (χ2v) is 9.25. The number of carbonyl (C=O) groups is 2. The topological polar surface area (TPSA) is 74.8 Å². The van der Waals surface area contributed by atoms with Crippen molar-refractivity contribution < 1.29 is 18.0 Å². The number of piperidine rings is 1. The van der Waals surface area contributed by atoms with E-state index in [1.165, 1.54) is 6.26 Å². The molecule has 0 N–H and O–H groups in total. The van der Waals surface area contributed by atoms with Crippen LogP contribution in [0.4, 0.5) is 5.69 Å². The summed E-state index contributed by atoms with van der Waals surface area (Å²) < 4.78 is 23.5. The summed E-state index contributed by atoms with van der Waals surface area (Å²) in [6, 6.07) is 7.50. The number of hydrogen-bond acceptors (Lipinski definition) is 4. The fourth-order valence-corrected chi connectivity index (χ4v) is 4.56. The van der Waals surface area contributed by atoms with E-state index in [9.17, 15) is 18.0 Å². The van der Waals surface area contributed by atoms with E-state index in [2.05, 4.69) is 0 Å². The summed E-state index contributed by atoms with van der Waals surface area (Å²) in [5.41, 5.74) is 1.75. The molecule has 1 aromatic rings. The Labute approximate surface area is 148 Å². The van der Waals surface area contributed by atoms with Crippen molar-refractivity contribution in [1.29, 1.82) is 0 Å². The van der Waals surface area contributed by atoms with Gasteiger partial charge in [0.25, 0.3) is 0 Å². The Morgan fingerprint density at radius 2 is 1.88 bits per heavy atom. The van der Waals surface area contributed by atoms with E-state index >= 15 is 0 Å². The summed E-state index contributed by atoms with van der Waals surface area (Å²) >= 11 is 0. The average molecular weight is 364 g/mol. The molecule has 2 fully saturated rings. The van der Waals surface area contributed by atoms with Crippen molar-refractivity contribution in [3.05, 3.63) is 29.8 Å². The maximum absolute atomic E-state index is 12.5. The van der Waals surface area contributed by atoms with Gasteiger partial charge in [0.15, 0.2) is 9.84 Å². The van der Waals surface area contributed by atoms with Crippen molar-refractivity contribution in [1.82, 2.24) is 4.90 Å². The van der Waals surface area contributed by atoms with E-state index < -0.39 is 15.1 Å². The Morgan fingerprint density at radius 1 is 1.16 bits per heavy atom. The monoisotopic (exact) mass is 364 g/mol. The van der Waals surface area contributed by atoms with E-state index in [1.54, 1.807) is 9.80 Å². The standard InChI is InChI=1S/C18H24N2O4S/c1-25(23,24)16-4-2-10-19(13-16)18(22)12-14-6-8-15(9-7-14)20-11-3-5-17(20)21/h6-9,16H,2-5,10-13H2,1H3/t16-/m1/s1. The first kappa shape index (κ1) is 17.9. The first-order valence-corrected chi connectivity index (χ1v) is 10.7. The van der Waals surface area contributed by atoms with Gasteiger partial charge in [-0.3, -0.25) is 9.59 Å². The molecular formula is C18H24N2O4S. The smallest absolute Gasteiger partial charge is 0.227 e. The number of benzene rings is 1. The normalized spacial score (nSPS) is 21.6. The second-order valence-electron chi connectivity index (χ2n) is 6.93. The van der Waals surface area contributed by atoms with Gasteiger partial charge in [-0.25, -0.2) is 8.42 Å². The minimum Gasteiger partial charge on any atom is -0.341 e. The lowest BCUT2D eigenvalue weighted by molar-refractivity contribution is -0.131. The lowest BCUT2D eigenvalue weighted by Crippen LogP contribution is -2.45. The zero-order chi connectivity index (χ0) is 18.0. The molecule has 2 aliphatic heterocycles. The molecule has 2 heterocycles. The Balaban J connectivity index is 1.62. The van der Waals surface area contributed by atoms with Gasteiger partial charge in [0.2, 0.25) is 11.8 Å². The third-order valence-electron chi connectivity index (χ3n) is 5.01. The highest BCUT2D eigenvalue weighted by atomic mass is 32.2. The fraction of sp³-hybridized carbons (Fsp3) is 0.556. The summed E-state index contributed by atoms with van der Waals surface area (Å²) in [5.74, 6) is 0.0994. The summed E-state index contributed by atoms with van der Waals surface area (Å²) in [4.78, 5) is 27.7. The quantitative estimate of drug-likeness (QED) is 0.809. The van der Waals surface area contributed by atoms with Gasteiger partial charge < -0.3 is 9.80 Å². The number of amides is 2. The van der Waals surface area contributed by atoms with Crippen molar-refractivity contribution in [2.45, 2.75) is 37.4 Å². The van der Waals surface area contributed by atoms with Crippen LogP contribution in [-0.4, -0.2) is 56.3 Å². The van der Waals surface area contributed by atoms with E-state index in [0.29, 0.717) is 19.4 Å². The molecule has 1 aromatic carbocycles. The summed E-state index contributed by atoms with van der Waals surface area (Å²) in [5, 5.41) is -0.450. The Bertz CT molecular complexity index is 758. The Kier molecular flexibility index (Phi) is 5.13. The molecule has 1 atom stereocenters. The van der Waals surface area contributed by atoms with Gasteiger partial charge in [-0.15, -0.1) is 0 Å². The van der Waals surface area contributed by atoms with Gasteiger partial charge >= 0.3 is 0 Å². The molecule has 2 saturated heterocycles. The molecule has 25 heavy (non-hydrogen) atoms. The number of sulfone groups is 1. The summed E-state index contributed by atoms with van der Waals surface area (Å²) in [6.07, 6.45) is 4.32. The predicted molar refractivity (Wildman–Crippen MR) is 96.2 cm³/mol. The van der Waals surface area contributed by atoms with Gasteiger partial charge in [-0.2, -0.15) is 0 Å². The molecule has 7 heteroatoms. The van der Waals surface area contributed by atoms with Crippen LogP contribution in [0, 0.1) is 0 Å². The molecule has 0 spiro atoms. The molecule has 136 valence electrons. The van der Waals surface area contributed by atoms with Gasteiger partial charge in [0.05, 0.1) is 11.7 Å². The first-order chi connectivity index (χ1) is 11.8. The van der Waals surface area contributed by atoms with Crippen LogP contribution in [0.15, 0.2) is 24.3 Å². The zero-order valence-corrected chi connectivity index (χ0v) is 15.3. The van der Waals surface area contributed by atoms with Crippen LogP contribution in [0.3, 0.4) is 0 Å². The highest BCUT2D eigenvalue weighted by Gasteiger charge is 2.29. The Hall–Kier alpha value is -1.89. The SMILES string of the molecule is CS(=O)(=O)[C@@H]1CCCN(C(=O)Cc2ccc(N3CCCC3=O)cc2)C1. The molecule has 2 amide bonds. The van der Waals surface area contributed by atoms with Gasteiger partial charge in [0.1, 0.15) is 0 Å². The number of anilines is 1. The number of hydrogen-bond donors (Lipinski definition) is 0. The predicted octanol–water partition coefficient (Wildman–Crippen LogP) is 1.39. The molecule has 0 aromatic heterocycles. The molecule has 0 saturated carbocycles. The molecule has 0 bridgehead atoms. The van der Waals surface area contributed by atoms with Crippen LogP contribution < -0.4 is 4.90 Å². The Morgan fingerprint density at radius 3 is 2.48 bits per heavy atom. The van der Waals surface area contributed by atoms with Gasteiger partial charge in [-0.05, 0) is 37.0 Å². The van der Waals surface area contributed by atoms with Crippen molar-refractivity contribution in [3.63, 3.8) is 0 Å². The number of rotatable bonds is 4. The summed E-state index contributed by atoms with van der Waals surface area (Å²) in [7, 11) is -3.12. The molecule has 0 radical (unpaired) electrons. The number of carbonyl (C=O) groups excluding carboxylic acids is 2. The van der Waals surface area contributed by atoms with E-state index in [-0.39, 0.29) is 24.8 Å². The van der Waals surface area contributed by atoms with Crippen molar-refractivity contribution in [2.75, 3.05) is 30.8 Å². The lowest BCUT2D eigenvalue weighted by atomic mass is 10.1. The van der Waals surface area contributed by atoms with E-state index in [1.807, 2.05) is 24.3 Å². The maximum atomic E-state index is 12.5. The van der Waals surface area contributed by atoms with Crippen LogP contribution in [0.25, 0.3) is 0 Å². The molecular weight excluding hydrogens is 340 g/mol. The molecule has 3 rings (SSSR count). The maximum Gasteiger partial charge on any atom is 0.227 e. The second kappa shape index (κ2) is 7.15. The van der Waals surface area contributed by atoms with Crippen LogP contribution in [-0.2, 0) is 25.8 Å². The highest BCUT2D eigenvalue weighted by Crippen LogP contribution is 2.22. The van der Waals surface area contributed by atoms with E-state index in [4.69, 9.17) is 0 Å². The zero-order valence-electron chi connectivity index (χ0n) is 14.5. The van der Waals surface area contributed by atoms with Crippen molar-refractivity contribution in [3.8, 4) is 0 Å². The number of likely N-dealkylation sites (tertiary alicyclic amines) is 1. The van der Waals surface area contributed by atoms with Crippen molar-refractivity contribution in [2.24, 2.45) is 0 Å². The minimum atomic E-state index is -3.12. The van der Waals surface area contributed by atoms with Gasteiger partial charge in [-0.1, -0.05) is 12.1 Å². The highest BCUT2D eigenvalue weighted by molar-refractivity contribution is 7.91. The minimum absolute atomic E-state index is 0.0432. The van der Waals surface area contributed by atoms with E-state index in [0.717, 1.165) is 30.6 Å². The largest absolute Gasteiger partial charge is 0.341 e. The van der Waals surface area contributed by atoms with Crippen LogP contribution >= 0.6 is 0 Å². The van der Waals surface area contributed by atoms with Crippen LogP contribution in [0.5, 0.6) is 0 Å². The molecule has 2 aliphatic rings. The molecule has 0 aliphatic carbocycles. The first-order valence-electron chi connectivity index (χ1n) is 8.70. The van der Waals surface area contributed by atoms with Crippen LogP contribution in [0.1, 0.15) is 31.2 Å². The third-order valence-corrected chi connectivity index (χ3v) is 6.61. The van der Waals surface area contributed by atoms with Crippen LogP contribution in [0.2, 0.25) is 0 Å². The molecule has 6 nitrogen and oxygen atoms in total. The lowest BCUT2D eigenvalue weighted by Gasteiger charge is -2.32. The fourth-order valence-electron chi connectivity index (χ4n) is 3.52. The molecule has 0 unspecified atom stereocenters. The summed E-state index contributed by atoms with van der Waals surface area (Å²) in [6.45, 7) is 1.65. The van der Waals surface area contributed by atoms with Gasteiger partial charge in [0, 0.05) is 38.0 Å². The van der Waals surface area contributed by atoms with Crippen molar-refractivity contribution >= 4 is 27.3 Å². The third kappa shape index (κ3) is 4.21. The average Bonchev–Trinajstić information content (AvgIpc) is 3.01. The number of nitrogens with zero attached hydrogens (tertiary/aromatic N) is 2.